The van der Waals surface area contributed by atoms with Gasteiger partial charge in [0.2, 0.25) is 0 Å². The van der Waals surface area contributed by atoms with Gasteiger partial charge in [-0.3, -0.25) is 4.74 Å². The summed E-state index contributed by atoms with van der Waals surface area (Å²) in [7, 11) is 0. The van der Waals surface area contributed by atoms with Gasteiger partial charge in [-0.2, -0.15) is 0 Å². The van der Waals surface area contributed by atoms with Crippen LogP contribution < -0.4 is 0 Å². The number of allylic oxidation sites excluding steroid dienone is 1. The van der Waals surface area contributed by atoms with Crippen molar-refractivity contribution in [3.8, 4) is 0 Å². The van der Waals surface area contributed by atoms with Gasteiger partial charge in [0.15, 0.2) is 6.29 Å². The van der Waals surface area contributed by atoms with E-state index in [0.29, 0.717) is 26.4 Å². The molecule has 2 heterocycles. The summed E-state index contributed by atoms with van der Waals surface area (Å²) < 4.78 is 46.1. The SMILES string of the molecule is C=CCCCOC1(c2ccccc2)O[C@H]2O[C@H](COCc3ccccc3)[C@@H](OCc3ccccc3)[C@H](OCc3ccccc3)[C@@H]2O1. The molecule has 2 fully saturated rings. The van der Waals surface area contributed by atoms with Crippen LogP contribution in [0.15, 0.2) is 134 Å². The standard InChI is InChI=1S/C39H42O7/c1-2-3-16-25-43-39(33-23-14-7-15-24-33)45-37-36(42-28-32-21-12-6-13-22-32)35(41-27-31-19-10-5-11-20-31)34(44-38(37)46-39)29-40-26-30-17-8-4-9-18-30/h2,4-15,17-24,34-38H,1,3,16,25-29H2/t34-,35-,36+,37+,38-,39?/m1/s1. The van der Waals surface area contributed by atoms with Gasteiger partial charge in [0.05, 0.1) is 33.0 Å². The molecule has 7 heteroatoms. The van der Waals surface area contributed by atoms with Gasteiger partial charge in [0, 0.05) is 5.56 Å². The molecule has 0 spiro atoms. The van der Waals surface area contributed by atoms with E-state index in [1.807, 2.05) is 127 Å². The molecule has 7 nitrogen and oxygen atoms in total. The van der Waals surface area contributed by atoms with E-state index in [0.717, 1.165) is 35.1 Å². The lowest BCUT2D eigenvalue weighted by atomic mass is 9.98. The Balaban J connectivity index is 1.30. The molecule has 2 saturated heterocycles. The summed E-state index contributed by atoms with van der Waals surface area (Å²) in [5.74, 6) is -1.48. The van der Waals surface area contributed by atoms with Crippen LogP contribution in [0.1, 0.15) is 35.1 Å². The first kappa shape index (κ1) is 32.3. The molecule has 2 aliphatic heterocycles. The first-order valence-corrected chi connectivity index (χ1v) is 16.0. The fourth-order valence-electron chi connectivity index (χ4n) is 5.75. The highest BCUT2D eigenvalue weighted by atomic mass is 16.9. The zero-order chi connectivity index (χ0) is 31.4. The molecule has 0 bridgehead atoms. The Morgan fingerprint density at radius 1 is 0.652 bits per heavy atom. The van der Waals surface area contributed by atoms with Crippen LogP contribution in [0.4, 0.5) is 0 Å². The number of hydrogen-bond acceptors (Lipinski definition) is 7. The average Bonchev–Trinajstić information content (AvgIpc) is 3.49. The van der Waals surface area contributed by atoms with Crippen LogP contribution in [0, 0.1) is 0 Å². The zero-order valence-corrected chi connectivity index (χ0v) is 26.0. The highest BCUT2D eigenvalue weighted by Crippen LogP contribution is 2.45. The number of benzene rings is 4. The maximum atomic E-state index is 6.78. The van der Waals surface area contributed by atoms with E-state index in [4.69, 9.17) is 33.2 Å². The topological polar surface area (TPSA) is 64.6 Å². The van der Waals surface area contributed by atoms with E-state index in [1.165, 1.54) is 0 Å². The summed E-state index contributed by atoms with van der Waals surface area (Å²) in [5, 5.41) is 0. The highest BCUT2D eigenvalue weighted by Gasteiger charge is 2.60. The molecular weight excluding hydrogens is 580 g/mol. The molecule has 6 atom stereocenters. The first-order valence-electron chi connectivity index (χ1n) is 16.0. The van der Waals surface area contributed by atoms with Crippen LogP contribution >= 0.6 is 0 Å². The molecule has 0 radical (unpaired) electrons. The smallest absolute Gasteiger partial charge is 0.314 e. The van der Waals surface area contributed by atoms with Crippen LogP contribution in [0.3, 0.4) is 0 Å². The monoisotopic (exact) mass is 622 g/mol. The molecule has 0 amide bonds. The summed E-state index contributed by atoms with van der Waals surface area (Å²) in [6.07, 6.45) is 0.426. The second kappa shape index (κ2) is 16.3. The molecular formula is C39H42O7. The third-order valence-electron chi connectivity index (χ3n) is 8.09. The van der Waals surface area contributed by atoms with E-state index in [1.54, 1.807) is 0 Å². The van der Waals surface area contributed by atoms with E-state index in [2.05, 4.69) is 6.58 Å². The van der Waals surface area contributed by atoms with Crippen molar-refractivity contribution < 1.29 is 33.2 Å². The van der Waals surface area contributed by atoms with Gasteiger partial charge >= 0.3 is 5.97 Å². The second-order valence-electron chi connectivity index (χ2n) is 11.5. The predicted octanol–water partition coefficient (Wildman–Crippen LogP) is 7.31. The van der Waals surface area contributed by atoms with Crippen molar-refractivity contribution >= 4 is 0 Å². The van der Waals surface area contributed by atoms with Crippen molar-refractivity contribution in [2.45, 2.75) is 69.3 Å². The van der Waals surface area contributed by atoms with E-state index in [-0.39, 0.29) is 6.61 Å². The summed E-state index contributed by atoms with van der Waals surface area (Å²) in [5.41, 5.74) is 3.90. The van der Waals surface area contributed by atoms with Crippen molar-refractivity contribution in [3.63, 3.8) is 0 Å². The molecule has 0 N–H and O–H groups in total. The number of fused-ring (bicyclic) bond motifs is 1. The molecule has 1 unspecified atom stereocenters. The number of unbranched alkanes of at least 4 members (excludes halogenated alkanes) is 1. The maximum Gasteiger partial charge on any atom is 0.314 e. The molecule has 0 saturated carbocycles. The van der Waals surface area contributed by atoms with Crippen molar-refractivity contribution in [2.24, 2.45) is 0 Å². The second-order valence-corrected chi connectivity index (χ2v) is 11.5. The van der Waals surface area contributed by atoms with Gasteiger partial charge in [-0.15, -0.1) is 6.58 Å². The fourth-order valence-corrected chi connectivity index (χ4v) is 5.75. The van der Waals surface area contributed by atoms with E-state index >= 15 is 0 Å². The van der Waals surface area contributed by atoms with Crippen LogP contribution in [-0.4, -0.2) is 43.9 Å². The van der Waals surface area contributed by atoms with Crippen LogP contribution in [-0.2, 0) is 59.0 Å². The number of ether oxygens (including phenoxy) is 7. The van der Waals surface area contributed by atoms with Crippen LogP contribution in [0.2, 0.25) is 0 Å². The largest absolute Gasteiger partial charge is 0.374 e. The minimum atomic E-state index is -1.48. The third-order valence-corrected chi connectivity index (χ3v) is 8.09. The molecule has 0 aromatic heterocycles. The van der Waals surface area contributed by atoms with Gasteiger partial charge < -0.3 is 28.4 Å². The molecule has 2 aliphatic rings. The summed E-state index contributed by atoms with van der Waals surface area (Å²) >= 11 is 0. The third kappa shape index (κ3) is 8.18. The van der Waals surface area contributed by atoms with E-state index < -0.39 is 36.7 Å². The Morgan fingerprint density at radius 2 is 1.20 bits per heavy atom. The predicted molar refractivity (Wildman–Crippen MR) is 174 cm³/mol. The molecule has 0 aliphatic carbocycles. The Hall–Kier alpha value is -3.66. The minimum absolute atomic E-state index is 0.269. The Labute approximate surface area is 271 Å². The first-order chi connectivity index (χ1) is 22.7. The van der Waals surface area contributed by atoms with Gasteiger partial charge in [0.25, 0.3) is 0 Å². The van der Waals surface area contributed by atoms with Crippen LogP contribution in [0.25, 0.3) is 0 Å². The van der Waals surface area contributed by atoms with Crippen LogP contribution in [0.5, 0.6) is 0 Å². The lowest BCUT2D eigenvalue weighted by molar-refractivity contribution is -0.367. The number of rotatable bonds is 16. The maximum absolute atomic E-state index is 6.78. The van der Waals surface area contributed by atoms with Gasteiger partial charge in [-0.1, -0.05) is 127 Å². The average molecular weight is 623 g/mol. The Bertz CT molecular complexity index is 1450. The van der Waals surface area contributed by atoms with Gasteiger partial charge in [-0.05, 0) is 29.5 Å². The Kier molecular flexibility index (Phi) is 11.4. The fraction of sp³-hybridized carbons (Fsp3) is 0.333. The van der Waals surface area contributed by atoms with Crippen molar-refractivity contribution in [3.05, 3.63) is 156 Å². The highest BCUT2D eigenvalue weighted by molar-refractivity contribution is 5.20. The van der Waals surface area contributed by atoms with Gasteiger partial charge in [-0.25, -0.2) is 0 Å². The van der Waals surface area contributed by atoms with E-state index in [9.17, 15) is 0 Å². The van der Waals surface area contributed by atoms with Gasteiger partial charge in [0.1, 0.15) is 24.4 Å². The van der Waals surface area contributed by atoms with Crippen molar-refractivity contribution in [1.82, 2.24) is 0 Å². The zero-order valence-electron chi connectivity index (χ0n) is 26.0. The van der Waals surface area contributed by atoms with Crippen molar-refractivity contribution in [2.75, 3.05) is 13.2 Å². The Morgan fingerprint density at radius 3 is 1.78 bits per heavy atom. The lowest BCUT2D eigenvalue weighted by Crippen LogP contribution is -2.59. The lowest BCUT2D eigenvalue weighted by Gasteiger charge is -2.42. The van der Waals surface area contributed by atoms with Crippen molar-refractivity contribution in [1.29, 1.82) is 0 Å². The molecule has 46 heavy (non-hydrogen) atoms. The summed E-state index contributed by atoms with van der Waals surface area (Å²) in [4.78, 5) is 0. The number of hydrogen-bond donors (Lipinski definition) is 0. The summed E-state index contributed by atoms with van der Waals surface area (Å²) in [6, 6.07) is 39.9. The quantitative estimate of drug-likeness (QED) is 0.0959. The molecule has 4 aromatic carbocycles. The minimum Gasteiger partial charge on any atom is -0.374 e. The molecule has 240 valence electrons. The molecule has 4 aromatic rings. The molecule has 6 rings (SSSR count). The summed E-state index contributed by atoms with van der Waals surface area (Å²) in [6.45, 7) is 5.69. The normalized spacial score (nSPS) is 25.6.